The third kappa shape index (κ3) is 6.92. The Morgan fingerprint density at radius 1 is 0.914 bits per heavy atom. The summed E-state index contributed by atoms with van der Waals surface area (Å²) in [5.74, 6) is 1.27. The maximum atomic E-state index is 13.5. The van der Waals surface area contributed by atoms with Crippen molar-refractivity contribution in [2.45, 2.75) is 131 Å². The zero-order valence-electron chi connectivity index (χ0n) is 22.7. The zero-order chi connectivity index (χ0) is 25.3. The third-order valence-electron chi connectivity index (χ3n) is 7.91. The number of aromatic amines is 1. The monoisotopic (exact) mass is 592 g/mol. The van der Waals surface area contributed by atoms with Gasteiger partial charge in [0.15, 0.2) is 0 Å². The van der Waals surface area contributed by atoms with Gasteiger partial charge in [-0.3, -0.25) is 0 Å². The van der Waals surface area contributed by atoms with Crippen molar-refractivity contribution in [1.29, 1.82) is 0 Å². The molecular formula is C28H48N4O2Sn. The van der Waals surface area contributed by atoms with Crippen LogP contribution >= 0.6 is 0 Å². The summed E-state index contributed by atoms with van der Waals surface area (Å²) in [6.07, 6.45) is 15.4. The molecule has 0 aromatic carbocycles. The number of allylic oxidation sites excluding steroid dienone is 1. The molecule has 0 unspecified atom stereocenters. The number of unbranched alkanes of at least 4 members (excludes halogenated alkanes) is 3. The van der Waals surface area contributed by atoms with Crippen LogP contribution in [0.4, 0.5) is 0 Å². The Labute approximate surface area is 215 Å². The van der Waals surface area contributed by atoms with Crippen molar-refractivity contribution in [3.05, 3.63) is 36.8 Å². The number of aromatic nitrogens is 4. The quantitative estimate of drug-likeness (QED) is 0.229. The summed E-state index contributed by atoms with van der Waals surface area (Å²) < 4.78 is 10.0. The Morgan fingerprint density at radius 2 is 1.51 bits per heavy atom. The molecule has 1 saturated carbocycles. The number of imidazole rings is 1. The first-order valence-electron chi connectivity index (χ1n) is 14.4. The van der Waals surface area contributed by atoms with Gasteiger partial charge in [0, 0.05) is 0 Å². The summed E-state index contributed by atoms with van der Waals surface area (Å²) in [5.41, 5.74) is 0.627. The van der Waals surface area contributed by atoms with Crippen LogP contribution in [0.1, 0.15) is 110 Å². The predicted molar refractivity (Wildman–Crippen MR) is 150 cm³/mol. The molecule has 3 rings (SSSR count). The van der Waals surface area contributed by atoms with Gasteiger partial charge < -0.3 is 0 Å². The molecule has 35 heavy (non-hydrogen) atoms. The number of hydrogen-bond acceptors (Lipinski definition) is 3. The standard InChI is InChI=1S/C16H21N4O2.3C4H9.Sn/c1-3-9-19-14-12(15(21)20(10-4-2)16(19)22)17-13(18-14)11-7-5-6-8-11;3*1-3-4-2;/h1,3,11H,4-10H2,2H3,(H,17,18);3*1,3-4H2,2H3;. The van der Waals surface area contributed by atoms with Gasteiger partial charge in [-0.1, -0.05) is 0 Å². The number of H-pyrrole nitrogens is 1. The maximum absolute atomic E-state index is 13.5. The first-order valence-corrected chi connectivity index (χ1v) is 22.1. The fourth-order valence-electron chi connectivity index (χ4n) is 5.78. The van der Waals surface area contributed by atoms with E-state index in [-0.39, 0.29) is 11.2 Å². The van der Waals surface area contributed by atoms with E-state index in [1.165, 1.54) is 69.2 Å². The van der Waals surface area contributed by atoms with Crippen LogP contribution in [0.25, 0.3) is 11.2 Å². The summed E-state index contributed by atoms with van der Waals surface area (Å²) >= 11 is -2.44. The fourth-order valence-corrected chi connectivity index (χ4v) is 20.1. The molecule has 0 amide bonds. The molecule has 6 nitrogen and oxygen atoms in total. The number of hydrogen-bond donors (Lipinski definition) is 1. The second kappa shape index (κ2) is 13.8. The molecule has 0 atom stereocenters. The van der Waals surface area contributed by atoms with Crippen LogP contribution in [0.15, 0.2) is 19.8 Å². The zero-order valence-corrected chi connectivity index (χ0v) is 25.6. The van der Waals surface area contributed by atoms with Gasteiger partial charge in [-0.15, -0.1) is 0 Å². The van der Waals surface area contributed by atoms with Crippen molar-refractivity contribution < 1.29 is 0 Å². The van der Waals surface area contributed by atoms with Gasteiger partial charge >= 0.3 is 216 Å². The van der Waals surface area contributed by atoms with Crippen molar-refractivity contribution in [1.82, 2.24) is 19.1 Å². The van der Waals surface area contributed by atoms with E-state index < -0.39 is 18.4 Å². The SMILES string of the molecule is CCC[CH2][Sn]([CH]=CCn1c(=O)n(CCC)c(=O)c2[nH]c(C3CCCC3)nc21)([CH2]CCC)[CH2]CCC. The molecule has 0 saturated heterocycles. The normalized spacial score (nSPS) is 15.2. The van der Waals surface area contributed by atoms with Crippen molar-refractivity contribution in [3.8, 4) is 0 Å². The number of nitrogens with zero attached hydrogens (tertiary/aromatic N) is 3. The molecule has 0 radical (unpaired) electrons. The third-order valence-corrected chi connectivity index (χ3v) is 22.2. The van der Waals surface area contributed by atoms with Gasteiger partial charge in [-0.05, 0) is 0 Å². The van der Waals surface area contributed by atoms with Crippen molar-refractivity contribution >= 4 is 29.5 Å². The van der Waals surface area contributed by atoms with Gasteiger partial charge in [0.05, 0.1) is 0 Å². The van der Waals surface area contributed by atoms with E-state index in [1.807, 2.05) is 6.92 Å². The molecule has 7 heteroatoms. The second-order valence-corrected chi connectivity index (χ2v) is 23.7. The molecule has 0 spiro atoms. The van der Waals surface area contributed by atoms with E-state index >= 15 is 0 Å². The van der Waals surface area contributed by atoms with E-state index in [2.05, 4.69) is 35.9 Å². The van der Waals surface area contributed by atoms with Gasteiger partial charge in [-0.2, -0.15) is 0 Å². The predicted octanol–water partition coefficient (Wildman–Crippen LogP) is 6.90. The first-order chi connectivity index (χ1) is 17.0. The average Bonchev–Trinajstić information content (AvgIpc) is 3.55. The molecule has 196 valence electrons. The average molecular weight is 591 g/mol. The van der Waals surface area contributed by atoms with Crippen LogP contribution in [0.2, 0.25) is 13.3 Å². The molecule has 2 heterocycles. The van der Waals surface area contributed by atoms with Gasteiger partial charge in [0.2, 0.25) is 0 Å². The van der Waals surface area contributed by atoms with Crippen molar-refractivity contribution in [2.24, 2.45) is 0 Å². The number of fused-ring (bicyclic) bond motifs is 1. The van der Waals surface area contributed by atoms with Crippen LogP contribution in [0, 0.1) is 0 Å². The first kappa shape index (κ1) is 28.3. The van der Waals surface area contributed by atoms with Crippen LogP contribution in [0.5, 0.6) is 0 Å². The molecule has 1 aliphatic rings. The van der Waals surface area contributed by atoms with Crippen molar-refractivity contribution in [3.63, 3.8) is 0 Å². The number of nitrogens with one attached hydrogen (secondary N) is 1. The molecule has 2 aromatic heterocycles. The van der Waals surface area contributed by atoms with E-state index in [0.717, 1.165) is 25.1 Å². The molecule has 1 aliphatic carbocycles. The van der Waals surface area contributed by atoms with E-state index in [9.17, 15) is 9.59 Å². The molecule has 0 aliphatic heterocycles. The summed E-state index contributed by atoms with van der Waals surface area (Å²) in [4.78, 5) is 34.8. The molecule has 2 aromatic rings. The van der Waals surface area contributed by atoms with Gasteiger partial charge in [0.25, 0.3) is 0 Å². The number of rotatable bonds is 15. The Hall–Kier alpha value is -1.31. The minimum atomic E-state index is -2.44. The minimum absolute atomic E-state index is 0.213. The Morgan fingerprint density at radius 3 is 2.06 bits per heavy atom. The molecule has 0 bridgehead atoms. The summed E-state index contributed by atoms with van der Waals surface area (Å²) in [6.45, 7) is 9.86. The van der Waals surface area contributed by atoms with Gasteiger partial charge in [0.1, 0.15) is 0 Å². The van der Waals surface area contributed by atoms with E-state index in [4.69, 9.17) is 4.98 Å². The van der Waals surface area contributed by atoms with Crippen LogP contribution < -0.4 is 11.2 Å². The van der Waals surface area contributed by atoms with Gasteiger partial charge in [-0.25, -0.2) is 0 Å². The van der Waals surface area contributed by atoms with Crippen LogP contribution in [0.3, 0.4) is 0 Å². The van der Waals surface area contributed by atoms with Crippen LogP contribution in [-0.2, 0) is 13.1 Å². The topological polar surface area (TPSA) is 72.7 Å². The Bertz CT molecular complexity index is 1050. The summed E-state index contributed by atoms with van der Waals surface area (Å²) in [5, 5.41) is 0. The second-order valence-electron chi connectivity index (χ2n) is 10.7. The fraction of sp³-hybridized carbons (Fsp3) is 0.750. The van der Waals surface area contributed by atoms with Crippen LogP contribution in [-0.4, -0.2) is 37.5 Å². The Kier molecular flexibility index (Phi) is 11.2. The molecule has 1 fully saturated rings. The van der Waals surface area contributed by atoms with E-state index in [0.29, 0.717) is 30.2 Å². The van der Waals surface area contributed by atoms with Crippen molar-refractivity contribution in [2.75, 3.05) is 0 Å². The molecule has 1 N–H and O–H groups in total. The van der Waals surface area contributed by atoms with E-state index in [1.54, 1.807) is 4.57 Å². The Balaban J connectivity index is 2.01. The molecular weight excluding hydrogens is 543 g/mol. The summed E-state index contributed by atoms with van der Waals surface area (Å²) in [6, 6.07) is 0. The summed E-state index contributed by atoms with van der Waals surface area (Å²) in [7, 11) is 0.